The van der Waals surface area contributed by atoms with Crippen LogP contribution in [0.3, 0.4) is 0 Å². The maximum absolute atomic E-state index is 10.7. The Balaban J connectivity index is 2.48. The van der Waals surface area contributed by atoms with Gasteiger partial charge in [-0.2, -0.15) is 0 Å². The van der Waals surface area contributed by atoms with Crippen molar-refractivity contribution in [3.63, 3.8) is 0 Å². The summed E-state index contributed by atoms with van der Waals surface area (Å²) >= 11 is 0. The van der Waals surface area contributed by atoms with E-state index in [0.717, 1.165) is 0 Å². The molecule has 1 heterocycles. The molecule has 1 aromatic rings. The van der Waals surface area contributed by atoms with Crippen molar-refractivity contribution in [1.29, 1.82) is 0 Å². The molecule has 0 bridgehead atoms. The second-order valence-electron chi connectivity index (χ2n) is 4.21. The van der Waals surface area contributed by atoms with Gasteiger partial charge in [-0.25, -0.2) is 4.68 Å². The lowest BCUT2D eigenvalue weighted by Gasteiger charge is -2.09. The zero-order valence-corrected chi connectivity index (χ0v) is 10.3. The van der Waals surface area contributed by atoms with Crippen LogP contribution >= 0.6 is 0 Å². The zero-order valence-electron chi connectivity index (χ0n) is 10.3. The van der Waals surface area contributed by atoms with Crippen LogP contribution in [0.1, 0.15) is 33.0 Å². The fraction of sp³-hybridized carbons (Fsp3) is 0.800. The minimum atomic E-state index is -0.807. The van der Waals surface area contributed by atoms with E-state index in [0.29, 0.717) is 25.4 Å². The molecule has 1 atom stereocenters. The van der Waals surface area contributed by atoms with E-state index in [4.69, 9.17) is 9.84 Å². The van der Waals surface area contributed by atoms with Gasteiger partial charge in [-0.05, 0) is 30.7 Å². The number of carboxylic acids is 1. The Kier molecular flexibility index (Phi) is 5.02. The number of aryl methyl sites for hydroxylation is 1. The lowest BCUT2D eigenvalue weighted by molar-refractivity contribution is -0.141. The molecule has 0 aliphatic rings. The summed E-state index contributed by atoms with van der Waals surface area (Å²) in [6, 6.07) is 0. The minimum absolute atomic E-state index is 0.109. The fourth-order valence-corrected chi connectivity index (χ4v) is 1.18. The Morgan fingerprint density at radius 1 is 1.47 bits per heavy atom. The predicted octanol–water partition coefficient (Wildman–Crippen LogP) is 0.709. The van der Waals surface area contributed by atoms with Gasteiger partial charge in [0.05, 0.1) is 12.0 Å². The summed E-state index contributed by atoms with van der Waals surface area (Å²) in [6.45, 7) is 6.35. The van der Waals surface area contributed by atoms with Crippen LogP contribution in [0.4, 0.5) is 0 Å². The maximum Gasteiger partial charge on any atom is 0.306 e. The van der Waals surface area contributed by atoms with Crippen molar-refractivity contribution in [3.8, 4) is 0 Å². The summed E-state index contributed by atoms with van der Waals surface area (Å²) in [4.78, 5) is 10.7. The third-order valence-corrected chi connectivity index (χ3v) is 2.35. The molecule has 0 aromatic carbocycles. The first-order valence-corrected chi connectivity index (χ1v) is 5.60. The smallest absolute Gasteiger partial charge is 0.306 e. The van der Waals surface area contributed by atoms with Crippen molar-refractivity contribution in [2.75, 3.05) is 0 Å². The molecule has 17 heavy (non-hydrogen) atoms. The Bertz CT molecular complexity index is 364. The van der Waals surface area contributed by atoms with Gasteiger partial charge in [0.2, 0.25) is 0 Å². The van der Waals surface area contributed by atoms with Crippen molar-refractivity contribution in [2.24, 2.45) is 5.92 Å². The summed E-state index contributed by atoms with van der Waals surface area (Å²) in [7, 11) is 0. The molecule has 0 saturated heterocycles. The molecular weight excluding hydrogens is 224 g/mol. The molecule has 1 rings (SSSR count). The van der Waals surface area contributed by atoms with Crippen molar-refractivity contribution in [2.45, 2.75) is 46.4 Å². The lowest BCUT2D eigenvalue weighted by atomic mass is 10.1. The van der Waals surface area contributed by atoms with Crippen LogP contribution < -0.4 is 0 Å². The number of rotatable bonds is 7. The summed E-state index contributed by atoms with van der Waals surface area (Å²) in [5, 5.41) is 20.0. The second kappa shape index (κ2) is 6.29. The van der Waals surface area contributed by atoms with Crippen LogP contribution in [0.2, 0.25) is 0 Å². The minimum Gasteiger partial charge on any atom is -0.481 e. The number of ether oxygens (including phenoxy) is 1. The van der Waals surface area contributed by atoms with Gasteiger partial charge >= 0.3 is 5.97 Å². The van der Waals surface area contributed by atoms with E-state index in [-0.39, 0.29) is 6.10 Å². The molecular formula is C10H18N4O3. The normalized spacial score (nSPS) is 12.9. The predicted molar refractivity (Wildman–Crippen MR) is 59.2 cm³/mol. The molecule has 7 heteroatoms. The Labute approximate surface area is 99.8 Å². The highest BCUT2D eigenvalue weighted by Crippen LogP contribution is 2.06. The van der Waals surface area contributed by atoms with Crippen molar-refractivity contribution < 1.29 is 14.6 Å². The SMILES string of the molecule is CC(C)OCc1nnnn1CCC(C)C(=O)O. The third kappa shape index (κ3) is 4.48. The summed E-state index contributed by atoms with van der Waals surface area (Å²) in [5.41, 5.74) is 0. The molecule has 1 unspecified atom stereocenters. The highest BCUT2D eigenvalue weighted by atomic mass is 16.5. The number of carbonyl (C=O) groups is 1. The Morgan fingerprint density at radius 2 is 2.18 bits per heavy atom. The first-order chi connectivity index (χ1) is 8.00. The number of hydrogen-bond donors (Lipinski definition) is 1. The van der Waals surface area contributed by atoms with Gasteiger partial charge in [0, 0.05) is 6.54 Å². The molecule has 0 aliphatic heterocycles. The molecule has 1 N–H and O–H groups in total. The van der Waals surface area contributed by atoms with Crippen molar-refractivity contribution >= 4 is 5.97 Å². The quantitative estimate of drug-likeness (QED) is 0.757. The van der Waals surface area contributed by atoms with E-state index < -0.39 is 11.9 Å². The van der Waals surface area contributed by atoms with Crippen LogP contribution in [-0.2, 0) is 22.7 Å². The van der Waals surface area contributed by atoms with E-state index in [2.05, 4.69) is 15.5 Å². The first kappa shape index (κ1) is 13.6. The summed E-state index contributed by atoms with van der Waals surface area (Å²) < 4.78 is 6.99. The molecule has 1 aromatic heterocycles. The van der Waals surface area contributed by atoms with Gasteiger partial charge < -0.3 is 9.84 Å². The van der Waals surface area contributed by atoms with Gasteiger partial charge in [-0.15, -0.1) is 5.10 Å². The number of aliphatic carboxylic acids is 1. The van der Waals surface area contributed by atoms with Crippen LogP contribution in [0.5, 0.6) is 0 Å². The number of tetrazole rings is 1. The van der Waals surface area contributed by atoms with E-state index in [1.54, 1.807) is 11.6 Å². The number of carboxylic acid groups (broad SMARTS) is 1. The number of nitrogens with zero attached hydrogens (tertiary/aromatic N) is 4. The fourth-order valence-electron chi connectivity index (χ4n) is 1.18. The van der Waals surface area contributed by atoms with Gasteiger partial charge in [-0.1, -0.05) is 6.92 Å². The van der Waals surface area contributed by atoms with Crippen LogP contribution in [-0.4, -0.2) is 37.4 Å². The Hall–Kier alpha value is -1.50. The zero-order chi connectivity index (χ0) is 12.8. The monoisotopic (exact) mass is 242 g/mol. The summed E-state index contributed by atoms with van der Waals surface area (Å²) in [5.74, 6) is -0.590. The standard InChI is InChI=1S/C10H18N4O3/c1-7(2)17-6-9-11-12-13-14(9)5-4-8(3)10(15)16/h7-8H,4-6H2,1-3H3,(H,15,16). The third-order valence-electron chi connectivity index (χ3n) is 2.35. The largest absolute Gasteiger partial charge is 0.481 e. The molecule has 0 radical (unpaired) electrons. The van der Waals surface area contributed by atoms with E-state index >= 15 is 0 Å². The van der Waals surface area contributed by atoms with Crippen LogP contribution in [0.25, 0.3) is 0 Å². The van der Waals surface area contributed by atoms with E-state index in [1.165, 1.54) is 0 Å². The van der Waals surface area contributed by atoms with E-state index in [9.17, 15) is 4.79 Å². The average Bonchev–Trinajstić information content (AvgIpc) is 2.70. The molecule has 0 saturated carbocycles. The first-order valence-electron chi connectivity index (χ1n) is 5.60. The molecule has 7 nitrogen and oxygen atoms in total. The van der Waals surface area contributed by atoms with Gasteiger partial charge in [-0.3, -0.25) is 4.79 Å². The summed E-state index contributed by atoms with van der Waals surface area (Å²) in [6.07, 6.45) is 0.604. The lowest BCUT2D eigenvalue weighted by Crippen LogP contribution is -2.15. The average molecular weight is 242 g/mol. The van der Waals surface area contributed by atoms with Crippen molar-refractivity contribution in [3.05, 3.63) is 5.82 Å². The molecule has 0 spiro atoms. The van der Waals surface area contributed by atoms with E-state index in [1.807, 2.05) is 13.8 Å². The topological polar surface area (TPSA) is 90.1 Å². The second-order valence-corrected chi connectivity index (χ2v) is 4.21. The molecule has 0 aliphatic carbocycles. The molecule has 0 amide bonds. The van der Waals surface area contributed by atoms with Gasteiger partial charge in [0.25, 0.3) is 0 Å². The Morgan fingerprint density at radius 3 is 2.76 bits per heavy atom. The highest BCUT2D eigenvalue weighted by molar-refractivity contribution is 5.69. The van der Waals surface area contributed by atoms with Crippen LogP contribution in [0.15, 0.2) is 0 Å². The highest BCUT2D eigenvalue weighted by Gasteiger charge is 2.13. The van der Waals surface area contributed by atoms with Crippen LogP contribution in [0, 0.1) is 5.92 Å². The molecule has 0 fully saturated rings. The van der Waals surface area contributed by atoms with Gasteiger partial charge in [0.1, 0.15) is 6.61 Å². The van der Waals surface area contributed by atoms with Gasteiger partial charge in [0.15, 0.2) is 5.82 Å². The van der Waals surface area contributed by atoms with Crippen molar-refractivity contribution in [1.82, 2.24) is 20.2 Å². The number of aromatic nitrogens is 4. The molecule has 96 valence electrons. The maximum atomic E-state index is 10.7. The number of hydrogen-bond acceptors (Lipinski definition) is 5.